The molecule has 144 valence electrons. The van der Waals surface area contributed by atoms with Crippen LogP contribution in [-0.4, -0.2) is 16.1 Å². The average Bonchev–Trinajstić information content (AvgIpc) is 3.16. The van der Waals surface area contributed by atoms with Crippen LogP contribution in [0, 0.1) is 6.92 Å². The molecule has 1 heterocycles. The first kappa shape index (κ1) is 18.5. The lowest BCUT2D eigenvalue weighted by Gasteiger charge is -2.22. The molecule has 2 aromatic carbocycles. The lowest BCUT2D eigenvalue weighted by atomic mass is 9.89. The molecule has 1 aliphatic carbocycles. The highest BCUT2D eigenvalue weighted by Gasteiger charge is 2.29. The van der Waals surface area contributed by atoms with Crippen molar-refractivity contribution < 1.29 is 14.6 Å². The number of para-hydroxylation sites is 1. The van der Waals surface area contributed by atoms with Crippen LogP contribution in [0.4, 0.5) is 0 Å². The van der Waals surface area contributed by atoms with Crippen LogP contribution in [0.15, 0.2) is 42.5 Å². The monoisotopic (exact) mass is 375 g/mol. The molecule has 0 bridgehead atoms. The maximum atomic E-state index is 12.1. The van der Waals surface area contributed by atoms with Crippen molar-refractivity contribution in [2.45, 2.75) is 51.9 Å². The van der Waals surface area contributed by atoms with E-state index in [2.05, 4.69) is 6.07 Å². The summed E-state index contributed by atoms with van der Waals surface area (Å²) >= 11 is 0. The molecule has 4 heteroatoms. The van der Waals surface area contributed by atoms with Gasteiger partial charge in [-0.3, -0.25) is 9.78 Å². The van der Waals surface area contributed by atoms with Crippen molar-refractivity contribution >= 4 is 16.9 Å². The predicted molar refractivity (Wildman–Crippen MR) is 110 cm³/mol. The molecule has 0 saturated carbocycles. The van der Waals surface area contributed by atoms with Gasteiger partial charge in [-0.15, -0.1) is 0 Å². The first-order valence-corrected chi connectivity index (χ1v) is 10.0. The highest BCUT2D eigenvalue weighted by atomic mass is 16.5. The Morgan fingerprint density at radius 2 is 1.96 bits per heavy atom. The fourth-order valence-corrected chi connectivity index (χ4v) is 4.34. The van der Waals surface area contributed by atoms with E-state index in [9.17, 15) is 9.90 Å². The maximum absolute atomic E-state index is 12.1. The molecule has 28 heavy (non-hydrogen) atoms. The second kappa shape index (κ2) is 7.63. The zero-order valence-corrected chi connectivity index (χ0v) is 16.4. The van der Waals surface area contributed by atoms with E-state index in [1.165, 1.54) is 11.1 Å². The van der Waals surface area contributed by atoms with Gasteiger partial charge in [-0.1, -0.05) is 37.6 Å². The van der Waals surface area contributed by atoms with Gasteiger partial charge in [-0.2, -0.15) is 0 Å². The van der Waals surface area contributed by atoms with Gasteiger partial charge < -0.3 is 9.84 Å². The van der Waals surface area contributed by atoms with E-state index in [-0.39, 0.29) is 0 Å². The smallest absolute Gasteiger partial charge is 0.311 e. The number of ether oxygens (including phenoxy) is 1. The van der Waals surface area contributed by atoms with Gasteiger partial charge in [0.25, 0.3) is 0 Å². The fraction of sp³-hybridized carbons (Fsp3) is 0.333. The number of benzene rings is 2. The number of carbonyl (C=O) groups is 1. The van der Waals surface area contributed by atoms with E-state index in [1.54, 1.807) is 0 Å². The van der Waals surface area contributed by atoms with Crippen molar-refractivity contribution in [3.8, 4) is 11.5 Å². The molecule has 1 atom stereocenters. The van der Waals surface area contributed by atoms with Crippen molar-refractivity contribution in [1.29, 1.82) is 0 Å². The van der Waals surface area contributed by atoms with Crippen molar-refractivity contribution in [3.05, 3.63) is 64.8 Å². The van der Waals surface area contributed by atoms with Crippen LogP contribution in [0.5, 0.6) is 11.5 Å². The Bertz CT molecular complexity index is 1030. The van der Waals surface area contributed by atoms with E-state index >= 15 is 0 Å². The quantitative estimate of drug-likeness (QED) is 0.592. The van der Waals surface area contributed by atoms with Gasteiger partial charge in [-0.25, -0.2) is 0 Å². The summed E-state index contributed by atoms with van der Waals surface area (Å²) in [7, 11) is 0. The van der Waals surface area contributed by atoms with Crippen LogP contribution in [0.1, 0.15) is 54.5 Å². The van der Waals surface area contributed by atoms with Gasteiger partial charge in [0, 0.05) is 16.6 Å². The van der Waals surface area contributed by atoms with Crippen molar-refractivity contribution in [2.75, 3.05) is 0 Å². The molecule has 4 nitrogen and oxygen atoms in total. The third kappa shape index (κ3) is 3.24. The molecule has 1 N–H and O–H groups in total. The molecule has 0 aliphatic heterocycles. The lowest BCUT2D eigenvalue weighted by molar-refractivity contribution is -0.139. The third-order valence-corrected chi connectivity index (χ3v) is 5.60. The number of nitrogens with zero attached hydrogens (tertiary/aromatic N) is 1. The summed E-state index contributed by atoms with van der Waals surface area (Å²) in [6, 6.07) is 13.8. The van der Waals surface area contributed by atoms with E-state index in [4.69, 9.17) is 9.72 Å². The number of aliphatic carboxylic acids is 1. The molecule has 3 aromatic rings. The summed E-state index contributed by atoms with van der Waals surface area (Å²) in [5, 5.41) is 10.9. The number of hydrogen-bond donors (Lipinski definition) is 1. The lowest BCUT2D eigenvalue weighted by Crippen LogP contribution is -2.15. The molecule has 0 spiro atoms. The molecule has 0 saturated heterocycles. The number of pyridine rings is 1. The highest BCUT2D eigenvalue weighted by Crippen LogP contribution is 2.43. The van der Waals surface area contributed by atoms with Crippen LogP contribution in [0.25, 0.3) is 10.9 Å². The van der Waals surface area contributed by atoms with E-state index < -0.39 is 11.9 Å². The minimum absolute atomic E-state index is 0.559. The Morgan fingerprint density at radius 1 is 1.18 bits per heavy atom. The van der Waals surface area contributed by atoms with Crippen molar-refractivity contribution in [1.82, 2.24) is 4.98 Å². The summed E-state index contributed by atoms with van der Waals surface area (Å²) in [6.07, 6.45) is 4.49. The number of aryl methyl sites for hydroxylation is 3. The highest BCUT2D eigenvalue weighted by molar-refractivity contribution is 5.93. The molecule has 1 aliphatic rings. The first-order chi connectivity index (χ1) is 13.6. The van der Waals surface area contributed by atoms with E-state index in [1.807, 2.05) is 50.2 Å². The van der Waals surface area contributed by atoms with Crippen molar-refractivity contribution in [2.24, 2.45) is 0 Å². The molecule has 1 aromatic heterocycles. The number of carboxylic acid groups (broad SMARTS) is 1. The fourth-order valence-electron chi connectivity index (χ4n) is 4.34. The average molecular weight is 375 g/mol. The van der Waals surface area contributed by atoms with Gasteiger partial charge in [0.2, 0.25) is 0 Å². The van der Waals surface area contributed by atoms with Crippen molar-refractivity contribution in [3.63, 3.8) is 0 Å². The minimum Gasteiger partial charge on any atom is -0.481 e. The largest absolute Gasteiger partial charge is 0.481 e. The summed E-state index contributed by atoms with van der Waals surface area (Å²) in [5.41, 5.74) is 4.92. The first-order valence-electron chi connectivity index (χ1n) is 10.0. The van der Waals surface area contributed by atoms with Gasteiger partial charge in [-0.05, 0) is 61.9 Å². The number of rotatable bonds is 6. The zero-order chi connectivity index (χ0) is 19.7. The van der Waals surface area contributed by atoms with E-state index in [0.717, 1.165) is 42.3 Å². The van der Waals surface area contributed by atoms with Gasteiger partial charge in [0.15, 0.2) is 0 Å². The SMILES string of the molecule is CCCC(C(=O)O)c1c(C)nc2ccc3c(c2c1Oc1ccccc1)CCC3. The Kier molecular flexibility index (Phi) is 5.03. The maximum Gasteiger partial charge on any atom is 0.311 e. The Hall–Kier alpha value is -2.88. The molecule has 0 fully saturated rings. The Labute approximate surface area is 165 Å². The Morgan fingerprint density at radius 3 is 2.68 bits per heavy atom. The van der Waals surface area contributed by atoms with Crippen LogP contribution in [-0.2, 0) is 17.6 Å². The van der Waals surface area contributed by atoms with Crippen LogP contribution in [0.3, 0.4) is 0 Å². The molecular formula is C24H25NO3. The number of carboxylic acids is 1. The summed E-state index contributed by atoms with van der Waals surface area (Å²) in [6.45, 7) is 3.90. The summed E-state index contributed by atoms with van der Waals surface area (Å²) in [4.78, 5) is 16.9. The topological polar surface area (TPSA) is 59.4 Å². The Balaban J connectivity index is 2.02. The van der Waals surface area contributed by atoms with Crippen LogP contribution < -0.4 is 4.74 Å². The van der Waals surface area contributed by atoms with Crippen LogP contribution in [0.2, 0.25) is 0 Å². The number of fused-ring (bicyclic) bond motifs is 3. The molecule has 0 amide bonds. The summed E-state index contributed by atoms with van der Waals surface area (Å²) in [5.74, 6) is -0.0605. The van der Waals surface area contributed by atoms with Gasteiger partial charge in [0.1, 0.15) is 11.5 Å². The van der Waals surface area contributed by atoms with Gasteiger partial charge in [0.05, 0.1) is 11.4 Å². The second-order valence-corrected chi connectivity index (χ2v) is 7.49. The number of aromatic nitrogens is 1. The predicted octanol–water partition coefficient (Wildman–Crippen LogP) is 5.79. The van der Waals surface area contributed by atoms with Crippen LogP contribution >= 0.6 is 0 Å². The minimum atomic E-state index is -0.823. The zero-order valence-electron chi connectivity index (χ0n) is 16.4. The molecular weight excluding hydrogens is 350 g/mol. The third-order valence-electron chi connectivity index (χ3n) is 5.60. The summed E-state index contributed by atoms with van der Waals surface area (Å²) < 4.78 is 6.40. The molecule has 4 rings (SSSR count). The standard InChI is InChI=1S/C24H25NO3/c1-3-8-19(24(26)27)21-15(2)25-20-14-13-16-9-7-12-18(16)22(20)23(21)28-17-10-5-4-6-11-17/h4-6,10-11,13-14,19H,3,7-9,12H2,1-2H3,(H,26,27). The molecule has 1 unspecified atom stereocenters. The number of hydrogen-bond acceptors (Lipinski definition) is 3. The second-order valence-electron chi connectivity index (χ2n) is 7.49. The van der Waals surface area contributed by atoms with E-state index in [0.29, 0.717) is 23.5 Å². The molecule has 0 radical (unpaired) electrons. The normalized spacial score (nSPS) is 14.1. The van der Waals surface area contributed by atoms with Gasteiger partial charge >= 0.3 is 5.97 Å².